The number of amides is 3. The third kappa shape index (κ3) is 4.52. The molecule has 0 aliphatic carbocycles. The number of rotatable bonds is 2. The quantitative estimate of drug-likeness (QED) is 0.705. The summed E-state index contributed by atoms with van der Waals surface area (Å²) >= 11 is 0. The number of alkyl halides is 3. The fourth-order valence-corrected chi connectivity index (χ4v) is 5.32. The molecule has 2 atom stereocenters. The van der Waals surface area contributed by atoms with E-state index in [4.69, 9.17) is 0 Å². The first-order valence-electron chi connectivity index (χ1n) is 11.4. The molecule has 7 nitrogen and oxygen atoms in total. The zero-order chi connectivity index (χ0) is 23.8. The van der Waals surface area contributed by atoms with Crippen molar-refractivity contribution in [3.63, 3.8) is 0 Å². The van der Waals surface area contributed by atoms with Gasteiger partial charge in [0.05, 0.1) is 17.0 Å². The highest BCUT2D eigenvalue weighted by Crippen LogP contribution is 2.39. The summed E-state index contributed by atoms with van der Waals surface area (Å²) in [6.07, 6.45) is -1.89. The minimum absolute atomic E-state index is 0.179. The van der Waals surface area contributed by atoms with Crippen molar-refractivity contribution in [1.29, 1.82) is 0 Å². The number of benzene rings is 1. The number of nitrogens with zero attached hydrogens (tertiary/aromatic N) is 3. The molecule has 0 saturated carbocycles. The van der Waals surface area contributed by atoms with Crippen LogP contribution < -0.4 is 10.7 Å². The zero-order valence-electron chi connectivity index (χ0n) is 18.9. The Kier molecular flexibility index (Phi) is 6.28. The van der Waals surface area contributed by atoms with Crippen LogP contribution in [0.4, 0.5) is 18.0 Å². The van der Waals surface area contributed by atoms with E-state index < -0.39 is 17.3 Å². The second-order valence-corrected chi connectivity index (χ2v) is 9.34. The van der Waals surface area contributed by atoms with Crippen molar-refractivity contribution in [1.82, 2.24) is 20.5 Å². The van der Waals surface area contributed by atoms with Crippen molar-refractivity contribution < 1.29 is 22.8 Å². The highest BCUT2D eigenvalue weighted by atomic mass is 19.4. The van der Waals surface area contributed by atoms with E-state index in [9.17, 15) is 22.8 Å². The third-order valence-electron chi connectivity index (χ3n) is 7.27. The van der Waals surface area contributed by atoms with Gasteiger partial charge in [-0.3, -0.25) is 4.79 Å². The zero-order valence-corrected chi connectivity index (χ0v) is 18.9. The number of hydrazone groups is 1. The van der Waals surface area contributed by atoms with Crippen LogP contribution in [0, 0.1) is 5.92 Å². The molecule has 3 amide bonds. The molecule has 3 heterocycles. The Balaban J connectivity index is 1.45. The minimum Gasteiger partial charge on any atom is -0.341 e. The molecule has 10 heteroatoms. The molecule has 2 saturated heterocycles. The SMILES string of the molecule is CNC(=O)N1CCCC2(C)NN=C(C(=O)N3CCC(c4ccccc4C(F)(F)F)CC3)C2C1. The summed E-state index contributed by atoms with van der Waals surface area (Å²) in [6, 6.07) is 5.52. The van der Waals surface area contributed by atoms with Crippen molar-refractivity contribution in [2.75, 3.05) is 33.2 Å². The predicted octanol–water partition coefficient (Wildman–Crippen LogP) is 3.18. The van der Waals surface area contributed by atoms with E-state index in [0.29, 0.717) is 50.3 Å². The van der Waals surface area contributed by atoms with Crippen molar-refractivity contribution in [2.45, 2.75) is 50.2 Å². The number of fused-ring (bicyclic) bond motifs is 1. The Morgan fingerprint density at radius 1 is 1.15 bits per heavy atom. The molecule has 0 radical (unpaired) electrons. The van der Waals surface area contributed by atoms with Gasteiger partial charge < -0.3 is 20.5 Å². The number of piperidine rings is 1. The van der Waals surface area contributed by atoms with E-state index in [1.54, 1.807) is 29.0 Å². The largest absolute Gasteiger partial charge is 0.416 e. The number of likely N-dealkylation sites (tertiary alicyclic amines) is 2. The number of hydrogen-bond acceptors (Lipinski definition) is 4. The molecule has 1 aromatic rings. The Morgan fingerprint density at radius 2 is 1.85 bits per heavy atom. The molecule has 4 rings (SSSR count). The lowest BCUT2D eigenvalue weighted by atomic mass is 9.80. The lowest BCUT2D eigenvalue weighted by Gasteiger charge is -2.35. The Bertz CT molecular complexity index is 942. The average Bonchev–Trinajstić information content (AvgIpc) is 3.02. The Labute approximate surface area is 191 Å². The maximum atomic E-state index is 13.4. The van der Waals surface area contributed by atoms with Gasteiger partial charge in [-0.2, -0.15) is 18.3 Å². The number of carbonyl (C=O) groups excluding carboxylic acids is 2. The van der Waals surface area contributed by atoms with Crippen molar-refractivity contribution in [3.05, 3.63) is 35.4 Å². The second-order valence-electron chi connectivity index (χ2n) is 9.34. The predicted molar refractivity (Wildman–Crippen MR) is 118 cm³/mol. The molecule has 3 aliphatic rings. The second kappa shape index (κ2) is 8.87. The van der Waals surface area contributed by atoms with Gasteiger partial charge in [0.15, 0.2) is 0 Å². The number of halogens is 3. The van der Waals surface area contributed by atoms with E-state index in [1.165, 1.54) is 6.07 Å². The van der Waals surface area contributed by atoms with Crippen LogP contribution in [0.25, 0.3) is 0 Å². The van der Waals surface area contributed by atoms with Crippen LogP contribution in [0.3, 0.4) is 0 Å². The molecule has 0 bridgehead atoms. The highest BCUT2D eigenvalue weighted by Gasteiger charge is 2.48. The van der Waals surface area contributed by atoms with E-state index >= 15 is 0 Å². The molecule has 0 spiro atoms. The first-order valence-corrected chi connectivity index (χ1v) is 11.4. The minimum atomic E-state index is -4.39. The molecule has 33 heavy (non-hydrogen) atoms. The molecular weight excluding hydrogens is 435 g/mol. The molecule has 3 aliphatic heterocycles. The van der Waals surface area contributed by atoms with E-state index in [1.807, 2.05) is 6.92 Å². The van der Waals surface area contributed by atoms with Crippen molar-refractivity contribution >= 4 is 17.6 Å². The monoisotopic (exact) mass is 465 g/mol. The maximum absolute atomic E-state index is 13.4. The van der Waals surface area contributed by atoms with Gasteiger partial charge in [-0.05, 0) is 50.2 Å². The number of nitrogens with one attached hydrogen (secondary N) is 2. The van der Waals surface area contributed by atoms with Crippen LogP contribution in [-0.2, 0) is 11.0 Å². The van der Waals surface area contributed by atoms with E-state index in [0.717, 1.165) is 18.9 Å². The first-order chi connectivity index (χ1) is 15.6. The Hall–Kier alpha value is -2.78. The smallest absolute Gasteiger partial charge is 0.341 e. The van der Waals surface area contributed by atoms with Gasteiger partial charge in [-0.15, -0.1) is 0 Å². The maximum Gasteiger partial charge on any atom is 0.416 e. The highest BCUT2D eigenvalue weighted by molar-refractivity contribution is 6.40. The summed E-state index contributed by atoms with van der Waals surface area (Å²) in [7, 11) is 1.58. The average molecular weight is 466 g/mol. The molecule has 1 aromatic carbocycles. The molecule has 0 aromatic heterocycles. The fourth-order valence-electron chi connectivity index (χ4n) is 5.32. The topological polar surface area (TPSA) is 77.0 Å². The van der Waals surface area contributed by atoms with E-state index in [-0.39, 0.29) is 23.8 Å². The van der Waals surface area contributed by atoms with Crippen LogP contribution in [0.2, 0.25) is 0 Å². The lowest BCUT2D eigenvalue weighted by Crippen LogP contribution is -2.51. The number of carbonyl (C=O) groups is 2. The van der Waals surface area contributed by atoms with Gasteiger partial charge in [0.2, 0.25) is 0 Å². The summed E-state index contributed by atoms with van der Waals surface area (Å²) in [5.41, 5.74) is 2.84. The summed E-state index contributed by atoms with van der Waals surface area (Å²) in [5, 5.41) is 7.03. The van der Waals surface area contributed by atoms with Crippen LogP contribution in [0.5, 0.6) is 0 Å². The van der Waals surface area contributed by atoms with Gasteiger partial charge in [-0.25, -0.2) is 4.79 Å². The van der Waals surface area contributed by atoms with E-state index in [2.05, 4.69) is 15.8 Å². The summed E-state index contributed by atoms with van der Waals surface area (Å²) in [5.74, 6) is -0.687. The molecular formula is C23H30F3N5O2. The summed E-state index contributed by atoms with van der Waals surface area (Å²) in [6.45, 7) is 3.77. The Morgan fingerprint density at radius 3 is 2.52 bits per heavy atom. The molecule has 2 N–H and O–H groups in total. The van der Waals surface area contributed by atoms with Crippen molar-refractivity contribution in [3.8, 4) is 0 Å². The molecule has 180 valence electrons. The standard InChI is InChI=1S/C23H30F3N5O2/c1-22-10-5-11-31(21(33)27-2)14-18(22)19(28-29-22)20(32)30-12-8-15(9-13-30)16-6-3-4-7-17(16)23(24,25)26/h3-4,6-7,15,18,29H,5,8-14H2,1-2H3,(H,27,33). The van der Waals surface area contributed by atoms with Gasteiger partial charge in [-0.1, -0.05) is 18.2 Å². The van der Waals surface area contributed by atoms with Crippen molar-refractivity contribution in [2.24, 2.45) is 11.0 Å². The summed E-state index contributed by atoms with van der Waals surface area (Å²) < 4.78 is 40.3. The number of urea groups is 1. The first kappa shape index (κ1) is 23.4. The molecule has 2 unspecified atom stereocenters. The van der Waals surface area contributed by atoms with Crippen LogP contribution in [0.15, 0.2) is 29.4 Å². The number of hydrogen-bond donors (Lipinski definition) is 2. The van der Waals surface area contributed by atoms with Crippen LogP contribution >= 0.6 is 0 Å². The summed E-state index contributed by atoms with van der Waals surface area (Å²) in [4.78, 5) is 29.0. The van der Waals surface area contributed by atoms with Gasteiger partial charge >= 0.3 is 12.2 Å². The van der Waals surface area contributed by atoms with Crippen LogP contribution in [0.1, 0.15) is 49.7 Å². The fraction of sp³-hybridized carbons (Fsp3) is 0.609. The van der Waals surface area contributed by atoms with Crippen LogP contribution in [-0.4, -0.2) is 66.2 Å². The lowest BCUT2D eigenvalue weighted by molar-refractivity contribution is -0.138. The normalized spacial score (nSPS) is 26.2. The van der Waals surface area contributed by atoms with Gasteiger partial charge in [0.1, 0.15) is 5.71 Å². The van der Waals surface area contributed by atoms with Gasteiger partial charge in [0, 0.05) is 33.2 Å². The van der Waals surface area contributed by atoms with Gasteiger partial charge in [0.25, 0.3) is 5.91 Å². The molecule has 2 fully saturated rings. The third-order valence-corrected chi connectivity index (χ3v) is 7.27.